The van der Waals surface area contributed by atoms with Crippen molar-refractivity contribution in [3.8, 4) is 0 Å². The molecule has 0 bridgehead atoms. The van der Waals surface area contributed by atoms with Gasteiger partial charge < -0.3 is 5.21 Å². The smallest absolute Gasteiger partial charge is 0.106 e. The molecular formula is C5H13NO2. The average Bonchev–Trinajstić information content (AvgIpc) is 1.59. The van der Waals surface area contributed by atoms with Gasteiger partial charge in [0.25, 0.3) is 0 Å². The van der Waals surface area contributed by atoms with E-state index in [2.05, 4.69) is 0 Å². The topological polar surface area (TPSA) is 32.3 Å². The number of quaternary nitrogens is 1. The monoisotopic (exact) mass is 119 g/mol. The Kier molecular flexibility index (Phi) is 2.97. The summed E-state index contributed by atoms with van der Waals surface area (Å²) in [6, 6.07) is 0. The van der Waals surface area contributed by atoms with Crippen LogP contribution in [-0.4, -0.2) is 25.5 Å². The van der Waals surface area contributed by atoms with E-state index in [0.717, 1.165) is 6.42 Å². The largest absolute Gasteiger partial charge is 0.599 e. The van der Waals surface area contributed by atoms with Crippen molar-refractivity contribution in [3.05, 3.63) is 5.21 Å². The predicted molar refractivity (Wildman–Crippen MR) is 31.7 cm³/mol. The number of nitrogens with zero attached hydrogens (tertiary/aromatic N) is 1. The molecule has 0 heterocycles. The second-order valence-electron chi connectivity index (χ2n) is 2.09. The summed E-state index contributed by atoms with van der Waals surface area (Å²) in [7, 11) is 2.91. The maximum Gasteiger partial charge on any atom is 0.106 e. The molecule has 0 radical (unpaired) electrons. The fourth-order valence-corrected chi connectivity index (χ4v) is 0.311. The molecule has 0 atom stereocenters. The first-order valence-corrected chi connectivity index (χ1v) is 2.76. The van der Waals surface area contributed by atoms with Crippen molar-refractivity contribution in [2.75, 3.05) is 20.7 Å². The maximum atomic E-state index is 10.6. The van der Waals surface area contributed by atoms with Crippen molar-refractivity contribution in [3.63, 3.8) is 0 Å². The highest BCUT2D eigenvalue weighted by Crippen LogP contribution is 1.93. The molecule has 0 saturated heterocycles. The predicted octanol–water partition coefficient (Wildman–Crippen LogP) is 0.902. The van der Waals surface area contributed by atoms with Gasteiger partial charge in [-0.05, 0) is 6.42 Å². The van der Waals surface area contributed by atoms with Crippen LogP contribution in [0.15, 0.2) is 0 Å². The van der Waals surface area contributed by atoms with E-state index in [0.29, 0.717) is 6.61 Å². The van der Waals surface area contributed by atoms with Gasteiger partial charge in [-0.3, -0.25) is 0 Å². The van der Waals surface area contributed by atoms with Gasteiger partial charge in [0.05, 0.1) is 14.1 Å². The standard InChI is InChI=1S/C5H13NO2/c1-4-5-8-6(2,3)7/h4-5H2,1-3H3. The lowest BCUT2D eigenvalue weighted by Crippen LogP contribution is -2.32. The van der Waals surface area contributed by atoms with E-state index >= 15 is 0 Å². The van der Waals surface area contributed by atoms with E-state index in [4.69, 9.17) is 4.84 Å². The number of rotatable bonds is 3. The first kappa shape index (κ1) is 7.88. The summed E-state index contributed by atoms with van der Waals surface area (Å²) < 4.78 is 0. The molecule has 0 aliphatic heterocycles. The van der Waals surface area contributed by atoms with Crippen LogP contribution in [-0.2, 0) is 4.84 Å². The Morgan fingerprint density at radius 1 is 1.50 bits per heavy atom. The number of hydrogen-bond donors (Lipinski definition) is 0. The molecule has 3 heteroatoms. The highest BCUT2D eigenvalue weighted by molar-refractivity contribution is 4.16. The molecule has 0 unspecified atom stereocenters. The fourth-order valence-electron chi connectivity index (χ4n) is 0.311. The fraction of sp³-hybridized carbons (Fsp3) is 1.00. The summed E-state index contributed by atoms with van der Waals surface area (Å²) in [5.41, 5.74) is 0. The molecule has 8 heavy (non-hydrogen) atoms. The van der Waals surface area contributed by atoms with Crippen LogP contribution in [0.3, 0.4) is 0 Å². The van der Waals surface area contributed by atoms with Gasteiger partial charge in [0, 0.05) is 0 Å². The van der Waals surface area contributed by atoms with E-state index in [1.165, 1.54) is 14.1 Å². The Hall–Kier alpha value is -0.120. The van der Waals surface area contributed by atoms with Gasteiger partial charge in [-0.15, -0.1) is 0 Å². The number of hydrogen-bond acceptors (Lipinski definition) is 2. The third kappa shape index (κ3) is 5.88. The van der Waals surface area contributed by atoms with Crippen molar-refractivity contribution >= 4 is 0 Å². The zero-order valence-corrected chi connectivity index (χ0v) is 5.68. The summed E-state index contributed by atoms with van der Waals surface area (Å²) in [6.07, 6.45) is 0.893. The molecule has 3 nitrogen and oxygen atoms in total. The summed E-state index contributed by atoms with van der Waals surface area (Å²) >= 11 is 0. The Morgan fingerprint density at radius 3 is 2.12 bits per heavy atom. The second-order valence-corrected chi connectivity index (χ2v) is 2.09. The summed E-state index contributed by atoms with van der Waals surface area (Å²) in [6.45, 7) is 2.51. The molecule has 0 aromatic heterocycles. The van der Waals surface area contributed by atoms with Crippen LogP contribution >= 0.6 is 0 Å². The molecule has 0 spiro atoms. The molecule has 0 aliphatic rings. The molecule has 0 aromatic rings. The van der Waals surface area contributed by atoms with Crippen LogP contribution in [0.1, 0.15) is 13.3 Å². The van der Waals surface area contributed by atoms with Crippen LogP contribution in [0.25, 0.3) is 0 Å². The van der Waals surface area contributed by atoms with E-state index in [1.807, 2.05) is 6.92 Å². The van der Waals surface area contributed by atoms with E-state index in [-0.39, 0.29) is 0 Å². The van der Waals surface area contributed by atoms with Crippen LogP contribution in [0.2, 0.25) is 0 Å². The summed E-state index contributed by atoms with van der Waals surface area (Å²) in [4.78, 5) is 4.12. The lowest BCUT2D eigenvalue weighted by molar-refractivity contribution is -1.04. The van der Waals surface area contributed by atoms with Gasteiger partial charge in [0.2, 0.25) is 0 Å². The molecule has 0 fully saturated rings. The highest BCUT2D eigenvalue weighted by atomic mass is 16.9. The van der Waals surface area contributed by atoms with Crippen LogP contribution in [0.4, 0.5) is 0 Å². The van der Waals surface area contributed by atoms with Gasteiger partial charge in [0.1, 0.15) is 6.61 Å². The van der Waals surface area contributed by atoms with Gasteiger partial charge in [0.15, 0.2) is 0 Å². The Labute approximate surface area is 50.0 Å². The molecule has 0 aromatic carbocycles. The van der Waals surface area contributed by atoms with Crippen molar-refractivity contribution in [1.82, 2.24) is 0 Å². The lowest BCUT2D eigenvalue weighted by atomic mass is 10.5. The SMILES string of the molecule is CCCO[N+](C)(C)[O-]. The van der Waals surface area contributed by atoms with Gasteiger partial charge >= 0.3 is 0 Å². The van der Waals surface area contributed by atoms with Gasteiger partial charge in [-0.25, -0.2) is 9.65 Å². The average molecular weight is 119 g/mol. The molecule has 0 amide bonds. The quantitative estimate of drug-likeness (QED) is 0.408. The molecule has 0 rings (SSSR count). The summed E-state index contributed by atoms with van der Waals surface area (Å²) in [5.74, 6) is 0. The highest BCUT2D eigenvalue weighted by Gasteiger charge is 1.98. The first-order valence-electron chi connectivity index (χ1n) is 2.76. The van der Waals surface area contributed by atoms with Crippen molar-refractivity contribution in [2.45, 2.75) is 13.3 Å². The molecular weight excluding hydrogens is 106 g/mol. The minimum atomic E-state index is -0.645. The van der Waals surface area contributed by atoms with E-state index in [1.54, 1.807) is 0 Å². The minimum Gasteiger partial charge on any atom is -0.599 e. The Morgan fingerprint density at radius 2 is 2.00 bits per heavy atom. The van der Waals surface area contributed by atoms with Crippen molar-refractivity contribution in [1.29, 1.82) is 0 Å². The Balaban J connectivity index is 3.11. The van der Waals surface area contributed by atoms with E-state index in [9.17, 15) is 5.21 Å². The molecule has 0 saturated carbocycles. The third-order valence-corrected chi connectivity index (χ3v) is 0.606. The van der Waals surface area contributed by atoms with Gasteiger partial charge in [-0.2, -0.15) is 0 Å². The first-order chi connectivity index (χ1) is 3.56. The zero-order valence-electron chi connectivity index (χ0n) is 5.68. The van der Waals surface area contributed by atoms with E-state index < -0.39 is 4.81 Å². The number of hydroxylamine groups is 4. The lowest BCUT2D eigenvalue weighted by Gasteiger charge is -2.29. The summed E-state index contributed by atoms with van der Waals surface area (Å²) in [5, 5.41) is 10.6. The van der Waals surface area contributed by atoms with Crippen LogP contribution in [0.5, 0.6) is 0 Å². The molecule has 50 valence electrons. The van der Waals surface area contributed by atoms with Crippen LogP contribution in [0, 0.1) is 5.21 Å². The third-order valence-electron chi connectivity index (χ3n) is 0.606. The second kappa shape index (κ2) is 3.02. The maximum absolute atomic E-state index is 10.6. The zero-order chi connectivity index (χ0) is 6.62. The molecule has 0 N–H and O–H groups in total. The normalized spacial score (nSPS) is 12.0. The van der Waals surface area contributed by atoms with Crippen molar-refractivity contribution in [2.24, 2.45) is 0 Å². The van der Waals surface area contributed by atoms with Crippen LogP contribution < -0.4 is 0 Å². The molecule has 0 aliphatic carbocycles. The Bertz CT molecular complexity index is 57.9. The van der Waals surface area contributed by atoms with Gasteiger partial charge in [-0.1, -0.05) is 6.92 Å². The van der Waals surface area contributed by atoms with Crippen molar-refractivity contribution < 1.29 is 9.65 Å². The minimum absolute atomic E-state index is 0.538.